The Morgan fingerprint density at radius 3 is 2.96 bits per heavy atom. The molecule has 0 spiro atoms. The lowest BCUT2D eigenvalue weighted by molar-refractivity contribution is 0.0526. The number of carbonyl (C=O) groups excluding carboxylic acids is 1. The van der Waals surface area contributed by atoms with Crippen LogP contribution in [0.5, 0.6) is 0 Å². The number of nitrogens with one attached hydrogen (secondary N) is 1. The number of hydrogen-bond donors (Lipinski definition) is 1. The summed E-state index contributed by atoms with van der Waals surface area (Å²) in [6.45, 7) is 4.60. The average Bonchev–Trinajstić information content (AvgIpc) is 3.09. The molecule has 3 rings (SSSR count). The van der Waals surface area contributed by atoms with Gasteiger partial charge in [-0.05, 0) is 19.4 Å². The van der Waals surface area contributed by atoms with Crippen molar-refractivity contribution < 1.29 is 9.53 Å². The Balaban J connectivity index is 1.73. The Bertz CT molecular complexity index is 879. The lowest BCUT2D eigenvalue weighted by Crippen LogP contribution is -2.12. The molecule has 7 heteroatoms. The number of hydrogen-bond acceptors (Lipinski definition) is 7. The molecule has 1 aromatic carbocycles. The van der Waals surface area contributed by atoms with E-state index in [1.165, 1.54) is 18.1 Å². The molecular formula is C18H18N4O2S. The predicted molar refractivity (Wildman–Crippen MR) is 97.6 cm³/mol. The van der Waals surface area contributed by atoms with Crippen LogP contribution in [-0.4, -0.2) is 27.5 Å². The summed E-state index contributed by atoms with van der Waals surface area (Å²) in [5, 5.41) is 6.12. The number of aromatic nitrogens is 3. The SMILES string of the molecule is CCOC(=O)c1cncnc1NCc1csc(-c2ccccc2C)n1. The standard InChI is InChI=1S/C18H18N4O2S/c1-3-24-18(23)15-9-19-11-21-16(15)20-8-13-10-25-17(22-13)14-7-5-4-6-12(14)2/h4-7,9-11H,3,8H2,1-2H3,(H,19,20,21). The molecule has 1 N–H and O–H groups in total. The maximum Gasteiger partial charge on any atom is 0.343 e. The molecule has 0 aliphatic carbocycles. The van der Waals surface area contributed by atoms with Gasteiger partial charge in [0.05, 0.1) is 18.8 Å². The van der Waals surface area contributed by atoms with E-state index >= 15 is 0 Å². The van der Waals surface area contributed by atoms with Gasteiger partial charge in [0.1, 0.15) is 22.7 Å². The highest BCUT2D eigenvalue weighted by atomic mass is 32.1. The van der Waals surface area contributed by atoms with Crippen LogP contribution in [0.25, 0.3) is 10.6 Å². The van der Waals surface area contributed by atoms with Crippen LogP contribution in [0, 0.1) is 6.92 Å². The van der Waals surface area contributed by atoms with Crippen molar-refractivity contribution in [2.45, 2.75) is 20.4 Å². The molecule has 0 bridgehead atoms. The van der Waals surface area contributed by atoms with Crippen molar-refractivity contribution >= 4 is 23.1 Å². The molecule has 2 aromatic heterocycles. The van der Waals surface area contributed by atoms with Gasteiger partial charge in [-0.25, -0.2) is 19.7 Å². The Morgan fingerprint density at radius 1 is 1.32 bits per heavy atom. The number of carbonyl (C=O) groups is 1. The van der Waals surface area contributed by atoms with Gasteiger partial charge in [-0.2, -0.15) is 0 Å². The lowest BCUT2D eigenvalue weighted by Gasteiger charge is -2.08. The first-order chi connectivity index (χ1) is 12.2. The fraction of sp³-hybridized carbons (Fsp3) is 0.222. The molecule has 3 aromatic rings. The van der Waals surface area contributed by atoms with Gasteiger partial charge in [0.25, 0.3) is 0 Å². The molecule has 0 radical (unpaired) electrons. The lowest BCUT2D eigenvalue weighted by atomic mass is 10.1. The van der Waals surface area contributed by atoms with Crippen LogP contribution in [-0.2, 0) is 11.3 Å². The second kappa shape index (κ2) is 7.85. The molecule has 2 heterocycles. The molecule has 6 nitrogen and oxygen atoms in total. The fourth-order valence-electron chi connectivity index (χ4n) is 2.33. The first-order valence-electron chi connectivity index (χ1n) is 7.90. The molecule has 0 amide bonds. The van der Waals surface area contributed by atoms with E-state index in [1.54, 1.807) is 18.3 Å². The molecule has 0 saturated carbocycles. The highest BCUT2D eigenvalue weighted by molar-refractivity contribution is 7.13. The quantitative estimate of drug-likeness (QED) is 0.680. The van der Waals surface area contributed by atoms with Crippen molar-refractivity contribution in [3.63, 3.8) is 0 Å². The van der Waals surface area contributed by atoms with Gasteiger partial charge in [-0.3, -0.25) is 0 Å². The minimum absolute atomic E-state index is 0.305. The normalized spacial score (nSPS) is 10.5. The summed E-state index contributed by atoms with van der Waals surface area (Å²) in [5.41, 5.74) is 3.53. The zero-order valence-corrected chi connectivity index (χ0v) is 14.8. The zero-order valence-electron chi connectivity index (χ0n) is 14.0. The fourth-order valence-corrected chi connectivity index (χ4v) is 3.24. The number of anilines is 1. The highest BCUT2D eigenvalue weighted by Crippen LogP contribution is 2.26. The maximum absolute atomic E-state index is 11.9. The van der Waals surface area contributed by atoms with E-state index in [9.17, 15) is 4.79 Å². The molecule has 0 unspecified atom stereocenters. The van der Waals surface area contributed by atoms with Crippen molar-refractivity contribution in [2.75, 3.05) is 11.9 Å². The van der Waals surface area contributed by atoms with Crippen LogP contribution in [0.2, 0.25) is 0 Å². The van der Waals surface area contributed by atoms with Gasteiger partial charge < -0.3 is 10.1 Å². The van der Waals surface area contributed by atoms with E-state index in [0.717, 1.165) is 16.3 Å². The van der Waals surface area contributed by atoms with E-state index in [0.29, 0.717) is 24.5 Å². The Labute approximate surface area is 149 Å². The van der Waals surface area contributed by atoms with Gasteiger partial charge in [-0.1, -0.05) is 24.3 Å². The summed E-state index contributed by atoms with van der Waals surface area (Å²) in [6, 6.07) is 8.16. The number of esters is 1. The van der Waals surface area contributed by atoms with Gasteiger partial charge in [0, 0.05) is 17.1 Å². The highest BCUT2D eigenvalue weighted by Gasteiger charge is 2.14. The summed E-state index contributed by atoms with van der Waals surface area (Å²) in [7, 11) is 0. The maximum atomic E-state index is 11.9. The Kier molecular flexibility index (Phi) is 5.35. The van der Waals surface area contributed by atoms with Crippen LogP contribution >= 0.6 is 11.3 Å². The van der Waals surface area contributed by atoms with E-state index in [2.05, 4.69) is 39.3 Å². The van der Waals surface area contributed by atoms with Gasteiger partial charge in [0.2, 0.25) is 0 Å². The van der Waals surface area contributed by atoms with Crippen molar-refractivity contribution in [3.8, 4) is 10.6 Å². The summed E-state index contributed by atoms with van der Waals surface area (Å²) in [6.07, 6.45) is 2.85. The summed E-state index contributed by atoms with van der Waals surface area (Å²) in [4.78, 5) is 24.6. The molecule has 0 saturated heterocycles. The third kappa shape index (κ3) is 4.00. The van der Waals surface area contributed by atoms with Crippen molar-refractivity contribution in [2.24, 2.45) is 0 Å². The van der Waals surface area contributed by atoms with Crippen LogP contribution < -0.4 is 5.32 Å². The molecular weight excluding hydrogens is 336 g/mol. The van der Waals surface area contributed by atoms with Crippen LogP contribution in [0.4, 0.5) is 5.82 Å². The zero-order chi connectivity index (χ0) is 17.6. The summed E-state index contributed by atoms with van der Waals surface area (Å²) >= 11 is 1.60. The summed E-state index contributed by atoms with van der Waals surface area (Å²) in [5.74, 6) is 0.00312. The molecule has 0 fully saturated rings. The van der Waals surface area contributed by atoms with Crippen molar-refractivity contribution in [3.05, 3.63) is 59.0 Å². The Morgan fingerprint density at radius 2 is 2.16 bits per heavy atom. The topological polar surface area (TPSA) is 77.0 Å². The van der Waals surface area contributed by atoms with E-state index in [1.807, 2.05) is 17.5 Å². The van der Waals surface area contributed by atoms with Gasteiger partial charge in [0.15, 0.2) is 0 Å². The monoisotopic (exact) mass is 354 g/mol. The number of ether oxygens (including phenoxy) is 1. The third-order valence-corrected chi connectivity index (χ3v) is 4.50. The van der Waals surface area contributed by atoms with Crippen molar-refractivity contribution in [1.82, 2.24) is 15.0 Å². The Hall–Kier alpha value is -2.80. The molecule has 0 atom stereocenters. The first kappa shape index (κ1) is 17.0. The van der Waals surface area contributed by atoms with Gasteiger partial charge in [-0.15, -0.1) is 11.3 Å². The van der Waals surface area contributed by atoms with E-state index < -0.39 is 5.97 Å². The number of benzene rings is 1. The number of thiazole rings is 1. The van der Waals surface area contributed by atoms with Crippen molar-refractivity contribution in [1.29, 1.82) is 0 Å². The van der Waals surface area contributed by atoms with E-state index in [-0.39, 0.29) is 0 Å². The second-order valence-corrected chi connectivity index (χ2v) is 6.18. The van der Waals surface area contributed by atoms with Crippen LogP contribution in [0.3, 0.4) is 0 Å². The van der Waals surface area contributed by atoms with Gasteiger partial charge >= 0.3 is 5.97 Å². The average molecular weight is 354 g/mol. The smallest absolute Gasteiger partial charge is 0.343 e. The summed E-state index contributed by atoms with van der Waals surface area (Å²) < 4.78 is 5.02. The van der Waals surface area contributed by atoms with Crippen LogP contribution in [0.15, 0.2) is 42.2 Å². The molecule has 128 valence electrons. The largest absolute Gasteiger partial charge is 0.462 e. The molecule has 0 aliphatic rings. The predicted octanol–water partition coefficient (Wildman–Crippen LogP) is 3.70. The molecule has 0 aliphatic heterocycles. The minimum Gasteiger partial charge on any atom is -0.462 e. The van der Waals surface area contributed by atoms with Crippen LogP contribution in [0.1, 0.15) is 28.5 Å². The minimum atomic E-state index is -0.440. The molecule has 25 heavy (non-hydrogen) atoms. The third-order valence-electron chi connectivity index (χ3n) is 3.57. The number of aryl methyl sites for hydroxylation is 1. The number of rotatable bonds is 6. The van der Waals surface area contributed by atoms with E-state index in [4.69, 9.17) is 4.74 Å². The first-order valence-corrected chi connectivity index (χ1v) is 8.78. The second-order valence-electron chi connectivity index (χ2n) is 5.32. The number of nitrogens with zero attached hydrogens (tertiary/aromatic N) is 3.